The van der Waals surface area contributed by atoms with Crippen molar-refractivity contribution < 1.29 is 14.2 Å². The van der Waals surface area contributed by atoms with Crippen LogP contribution >= 0.6 is 0 Å². The molecule has 0 unspecified atom stereocenters. The lowest BCUT2D eigenvalue weighted by Gasteiger charge is -2.28. The highest BCUT2D eigenvalue weighted by atomic mass is 16.5. The van der Waals surface area contributed by atoms with Crippen LogP contribution in [0.3, 0.4) is 0 Å². The van der Waals surface area contributed by atoms with Gasteiger partial charge in [0.15, 0.2) is 0 Å². The number of aromatic nitrogens is 2. The second-order valence-corrected chi connectivity index (χ2v) is 5.61. The highest BCUT2D eigenvalue weighted by Gasteiger charge is 2.16. The molecule has 2 aliphatic rings. The molecule has 128 valence electrons. The molecule has 23 heavy (non-hydrogen) atoms. The van der Waals surface area contributed by atoms with E-state index >= 15 is 0 Å². The van der Waals surface area contributed by atoms with Gasteiger partial charge in [0.25, 0.3) is 0 Å². The summed E-state index contributed by atoms with van der Waals surface area (Å²) < 4.78 is 16.5. The molecule has 8 nitrogen and oxygen atoms in total. The summed E-state index contributed by atoms with van der Waals surface area (Å²) in [5.41, 5.74) is 6.55. The number of hydrogen-bond donors (Lipinski definition) is 1. The minimum absolute atomic E-state index is 0.375. The Bertz CT molecular complexity index is 490. The van der Waals surface area contributed by atoms with Crippen molar-refractivity contribution in [1.29, 1.82) is 0 Å². The molecule has 2 N–H and O–H groups in total. The number of hydrogen-bond acceptors (Lipinski definition) is 8. The Balaban J connectivity index is 1.58. The zero-order valence-electron chi connectivity index (χ0n) is 13.4. The Kier molecular flexibility index (Phi) is 5.98. The van der Waals surface area contributed by atoms with Gasteiger partial charge in [0.2, 0.25) is 0 Å². The topological polar surface area (TPSA) is 86.0 Å². The zero-order chi connectivity index (χ0) is 15.9. The van der Waals surface area contributed by atoms with Crippen molar-refractivity contribution in [2.45, 2.75) is 6.54 Å². The first-order valence-electron chi connectivity index (χ1n) is 8.19. The van der Waals surface area contributed by atoms with Crippen molar-refractivity contribution in [2.75, 3.05) is 70.7 Å². The van der Waals surface area contributed by atoms with Crippen molar-refractivity contribution in [3.8, 4) is 6.01 Å². The second-order valence-electron chi connectivity index (χ2n) is 5.61. The molecule has 2 aliphatic heterocycles. The largest absolute Gasteiger partial charge is 0.462 e. The third-order valence-electron chi connectivity index (χ3n) is 4.03. The van der Waals surface area contributed by atoms with Crippen LogP contribution in [-0.4, -0.2) is 80.6 Å². The van der Waals surface area contributed by atoms with Crippen molar-refractivity contribution in [3.63, 3.8) is 0 Å². The first kappa shape index (κ1) is 16.4. The van der Waals surface area contributed by atoms with Gasteiger partial charge >= 0.3 is 6.01 Å². The first-order chi connectivity index (χ1) is 11.3. The lowest BCUT2D eigenvalue weighted by atomic mass is 10.3. The van der Waals surface area contributed by atoms with Gasteiger partial charge in [-0.2, -0.15) is 9.97 Å². The molecule has 0 saturated carbocycles. The lowest BCUT2D eigenvalue weighted by molar-refractivity contribution is 0.0317. The average Bonchev–Trinajstić information content (AvgIpc) is 2.63. The Morgan fingerprint density at radius 2 is 1.74 bits per heavy atom. The Morgan fingerprint density at radius 3 is 2.43 bits per heavy atom. The van der Waals surface area contributed by atoms with Crippen molar-refractivity contribution >= 4 is 5.82 Å². The summed E-state index contributed by atoms with van der Waals surface area (Å²) in [6, 6.07) is 2.34. The molecule has 3 rings (SSSR count). The van der Waals surface area contributed by atoms with Gasteiger partial charge in [0.1, 0.15) is 12.4 Å². The Labute approximate surface area is 136 Å². The SMILES string of the molecule is NCc1cc(N2CCOCC2)nc(OCCN2CCOCC2)n1. The average molecular weight is 323 g/mol. The van der Waals surface area contributed by atoms with Crippen LogP contribution in [-0.2, 0) is 16.0 Å². The van der Waals surface area contributed by atoms with Gasteiger partial charge in [-0.05, 0) is 0 Å². The van der Waals surface area contributed by atoms with Gasteiger partial charge < -0.3 is 24.8 Å². The molecule has 0 amide bonds. The van der Waals surface area contributed by atoms with Crippen molar-refractivity contribution in [1.82, 2.24) is 14.9 Å². The molecule has 0 bridgehead atoms. The van der Waals surface area contributed by atoms with Gasteiger partial charge in [-0.1, -0.05) is 0 Å². The minimum atomic E-state index is 0.375. The standard InChI is InChI=1S/C15H25N5O3/c16-12-13-11-14(20-4-8-22-9-5-20)18-15(17-13)23-10-3-19-1-6-21-7-2-19/h11H,1-10,12,16H2. The molecule has 3 heterocycles. The molecule has 1 aromatic rings. The van der Waals surface area contributed by atoms with Crippen LogP contribution in [0.25, 0.3) is 0 Å². The molecule has 0 aromatic carbocycles. The molecular formula is C15H25N5O3. The quantitative estimate of drug-likeness (QED) is 0.749. The van der Waals surface area contributed by atoms with Crippen LogP contribution in [0.5, 0.6) is 6.01 Å². The maximum atomic E-state index is 5.76. The van der Waals surface area contributed by atoms with Crippen LogP contribution in [0.4, 0.5) is 5.82 Å². The molecule has 8 heteroatoms. The monoisotopic (exact) mass is 323 g/mol. The van der Waals surface area contributed by atoms with E-state index in [1.54, 1.807) is 0 Å². The second kappa shape index (κ2) is 8.39. The highest BCUT2D eigenvalue weighted by molar-refractivity contribution is 5.41. The predicted molar refractivity (Wildman–Crippen MR) is 85.7 cm³/mol. The summed E-state index contributed by atoms with van der Waals surface area (Å²) in [5.74, 6) is 0.866. The van der Waals surface area contributed by atoms with E-state index in [0.717, 1.165) is 70.7 Å². The number of nitrogens with two attached hydrogens (primary N) is 1. The fourth-order valence-corrected chi connectivity index (χ4v) is 2.67. The summed E-state index contributed by atoms with van der Waals surface area (Å²) in [7, 11) is 0. The van der Waals surface area contributed by atoms with E-state index in [0.29, 0.717) is 19.2 Å². The van der Waals surface area contributed by atoms with E-state index in [1.165, 1.54) is 0 Å². The van der Waals surface area contributed by atoms with Gasteiger partial charge in [0, 0.05) is 45.3 Å². The van der Waals surface area contributed by atoms with Crippen LogP contribution in [0.15, 0.2) is 6.07 Å². The first-order valence-corrected chi connectivity index (χ1v) is 8.19. The number of morpholine rings is 2. The molecule has 2 saturated heterocycles. The van der Waals surface area contributed by atoms with Gasteiger partial charge in [0.05, 0.1) is 32.1 Å². The third-order valence-corrected chi connectivity index (χ3v) is 4.03. The van der Waals surface area contributed by atoms with E-state index in [1.807, 2.05) is 6.07 Å². The Morgan fingerprint density at radius 1 is 1.04 bits per heavy atom. The zero-order valence-corrected chi connectivity index (χ0v) is 13.4. The molecular weight excluding hydrogens is 298 g/mol. The number of anilines is 1. The molecule has 0 spiro atoms. The summed E-state index contributed by atoms with van der Waals surface area (Å²) in [6.45, 7) is 8.37. The number of rotatable bonds is 6. The van der Waals surface area contributed by atoms with E-state index in [4.69, 9.17) is 19.9 Å². The minimum Gasteiger partial charge on any atom is -0.462 e. The predicted octanol–water partition coefficient (Wildman–Crippen LogP) is -0.517. The maximum Gasteiger partial charge on any atom is 0.318 e. The summed E-state index contributed by atoms with van der Waals surface area (Å²) in [5, 5.41) is 0. The van der Waals surface area contributed by atoms with Crippen LogP contribution < -0.4 is 15.4 Å². The third kappa shape index (κ3) is 4.74. The smallest absolute Gasteiger partial charge is 0.318 e. The highest BCUT2D eigenvalue weighted by Crippen LogP contribution is 2.17. The Hall–Kier alpha value is -1.48. The molecule has 0 radical (unpaired) electrons. The van der Waals surface area contributed by atoms with Crippen molar-refractivity contribution in [3.05, 3.63) is 11.8 Å². The van der Waals surface area contributed by atoms with Gasteiger partial charge in [-0.15, -0.1) is 0 Å². The van der Waals surface area contributed by atoms with Gasteiger partial charge in [-0.3, -0.25) is 4.90 Å². The lowest BCUT2D eigenvalue weighted by Crippen LogP contribution is -2.39. The molecule has 2 fully saturated rings. The van der Waals surface area contributed by atoms with Gasteiger partial charge in [-0.25, -0.2) is 0 Å². The van der Waals surface area contributed by atoms with E-state index in [-0.39, 0.29) is 0 Å². The van der Waals surface area contributed by atoms with Crippen molar-refractivity contribution in [2.24, 2.45) is 5.73 Å². The van der Waals surface area contributed by atoms with Crippen LogP contribution in [0.1, 0.15) is 5.69 Å². The van der Waals surface area contributed by atoms with Crippen LogP contribution in [0, 0.1) is 0 Å². The number of nitrogens with zero attached hydrogens (tertiary/aromatic N) is 4. The normalized spacial score (nSPS) is 19.8. The maximum absolute atomic E-state index is 5.76. The fraction of sp³-hybridized carbons (Fsp3) is 0.733. The summed E-state index contributed by atoms with van der Waals surface area (Å²) in [4.78, 5) is 13.4. The van der Waals surface area contributed by atoms with E-state index in [9.17, 15) is 0 Å². The van der Waals surface area contributed by atoms with E-state index in [2.05, 4.69) is 19.8 Å². The molecule has 0 aliphatic carbocycles. The molecule has 1 aromatic heterocycles. The fourth-order valence-electron chi connectivity index (χ4n) is 2.67. The number of ether oxygens (including phenoxy) is 3. The van der Waals surface area contributed by atoms with Crippen LogP contribution in [0.2, 0.25) is 0 Å². The summed E-state index contributed by atoms with van der Waals surface area (Å²) in [6.07, 6.45) is 0. The summed E-state index contributed by atoms with van der Waals surface area (Å²) >= 11 is 0. The van der Waals surface area contributed by atoms with E-state index < -0.39 is 0 Å². The molecule has 0 atom stereocenters.